The van der Waals surface area contributed by atoms with E-state index in [1.165, 1.54) is 6.07 Å². The number of aliphatic hydroxyl groups is 1. The highest BCUT2D eigenvalue weighted by Crippen LogP contribution is 2.30. The highest BCUT2D eigenvalue weighted by Gasteiger charge is 2.39. The summed E-state index contributed by atoms with van der Waals surface area (Å²) in [6, 6.07) is 3.84. The van der Waals surface area contributed by atoms with Crippen molar-refractivity contribution in [2.45, 2.75) is 37.3 Å². The van der Waals surface area contributed by atoms with Crippen molar-refractivity contribution in [2.75, 3.05) is 23.3 Å². The second-order valence-electron chi connectivity index (χ2n) is 6.64. The molecule has 3 rings (SSSR count). The van der Waals surface area contributed by atoms with Crippen molar-refractivity contribution in [3.63, 3.8) is 0 Å². The zero-order chi connectivity index (χ0) is 18.9. The van der Waals surface area contributed by atoms with Gasteiger partial charge in [-0.3, -0.25) is 14.9 Å². The van der Waals surface area contributed by atoms with Gasteiger partial charge in [0.05, 0.1) is 5.69 Å². The summed E-state index contributed by atoms with van der Waals surface area (Å²) >= 11 is 0. The number of piperidine rings is 2. The molecule has 140 valence electrons. The van der Waals surface area contributed by atoms with Gasteiger partial charge in [0, 0.05) is 38.0 Å². The zero-order valence-electron chi connectivity index (χ0n) is 14.0. The summed E-state index contributed by atoms with van der Waals surface area (Å²) in [7, 11) is 0. The second kappa shape index (κ2) is 6.91. The lowest BCUT2D eigenvalue weighted by Crippen LogP contribution is -2.49. The molecule has 8 nitrogen and oxygen atoms in total. The van der Waals surface area contributed by atoms with E-state index in [0.717, 1.165) is 0 Å². The standard InChI is InChI=1S/C17H20FN3O5/c18-11-9-10(19-12-2-4-14(22)20-15(12)23)1-3-13(11)21-7-5-17(26,6-8-21)16(24)25/h1,3,9,12,19,26H,2,4-8H2,(H,24,25)(H,20,22,23)/t12-/m0/s1. The summed E-state index contributed by atoms with van der Waals surface area (Å²) in [5, 5.41) is 24.1. The molecule has 1 aromatic rings. The summed E-state index contributed by atoms with van der Waals surface area (Å²) < 4.78 is 14.5. The topological polar surface area (TPSA) is 119 Å². The van der Waals surface area contributed by atoms with E-state index in [9.17, 15) is 23.9 Å². The van der Waals surface area contributed by atoms with Gasteiger partial charge in [0.1, 0.15) is 11.9 Å². The summed E-state index contributed by atoms with van der Waals surface area (Å²) in [6.07, 6.45) is 0.592. The van der Waals surface area contributed by atoms with Crippen LogP contribution >= 0.6 is 0 Å². The minimum Gasteiger partial charge on any atom is -0.479 e. The molecule has 2 aliphatic rings. The predicted molar refractivity (Wildman–Crippen MR) is 90.2 cm³/mol. The molecule has 0 aliphatic carbocycles. The van der Waals surface area contributed by atoms with Gasteiger partial charge in [0.2, 0.25) is 11.8 Å². The molecule has 0 spiro atoms. The second-order valence-corrected chi connectivity index (χ2v) is 6.64. The van der Waals surface area contributed by atoms with Crippen LogP contribution in [0.5, 0.6) is 0 Å². The third-order valence-corrected chi connectivity index (χ3v) is 4.86. The molecule has 1 atom stereocenters. The van der Waals surface area contributed by atoms with Gasteiger partial charge in [0.25, 0.3) is 0 Å². The van der Waals surface area contributed by atoms with E-state index in [0.29, 0.717) is 17.8 Å². The Balaban J connectivity index is 1.66. The van der Waals surface area contributed by atoms with Crippen LogP contribution in [0.2, 0.25) is 0 Å². The van der Waals surface area contributed by atoms with E-state index in [2.05, 4.69) is 10.6 Å². The summed E-state index contributed by atoms with van der Waals surface area (Å²) in [6.45, 7) is 0.444. The fourth-order valence-electron chi connectivity index (χ4n) is 3.22. The number of hydrogen-bond acceptors (Lipinski definition) is 6. The van der Waals surface area contributed by atoms with Crippen molar-refractivity contribution in [1.82, 2.24) is 5.32 Å². The molecule has 2 heterocycles. The van der Waals surface area contributed by atoms with Crippen LogP contribution in [0, 0.1) is 5.82 Å². The lowest BCUT2D eigenvalue weighted by atomic mass is 9.91. The Morgan fingerprint density at radius 1 is 1.31 bits per heavy atom. The van der Waals surface area contributed by atoms with Crippen molar-refractivity contribution in [3.05, 3.63) is 24.0 Å². The number of nitrogens with one attached hydrogen (secondary N) is 2. The van der Waals surface area contributed by atoms with Gasteiger partial charge in [-0.2, -0.15) is 0 Å². The monoisotopic (exact) mass is 365 g/mol. The molecule has 2 aliphatic heterocycles. The summed E-state index contributed by atoms with van der Waals surface area (Å²) in [4.78, 5) is 35.7. The van der Waals surface area contributed by atoms with Gasteiger partial charge in [-0.25, -0.2) is 9.18 Å². The number of carboxylic acids is 1. The minimum atomic E-state index is -1.76. The molecule has 9 heteroatoms. The quantitative estimate of drug-likeness (QED) is 0.572. The maximum Gasteiger partial charge on any atom is 0.335 e. The van der Waals surface area contributed by atoms with Gasteiger partial charge in [-0.1, -0.05) is 0 Å². The number of aliphatic carboxylic acids is 1. The minimum absolute atomic E-state index is 0.0120. The van der Waals surface area contributed by atoms with Gasteiger partial charge >= 0.3 is 5.97 Å². The molecule has 0 bridgehead atoms. The van der Waals surface area contributed by atoms with Crippen molar-refractivity contribution < 1.29 is 29.0 Å². The molecule has 2 amide bonds. The molecule has 4 N–H and O–H groups in total. The predicted octanol–water partition coefficient (Wildman–Crippen LogP) is 0.459. The number of hydrogen-bond donors (Lipinski definition) is 4. The van der Waals surface area contributed by atoms with Crippen LogP contribution in [0.4, 0.5) is 15.8 Å². The van der Waals surface area contributed by atoms with Crippen molar-refractivity contribution in [2.24, 2.45) is 0 Å². The van der Waals surface area contributed by atoms with Gasteiger partial charge in [0.15, 0.2) is 5.60 Å². The first-order valence-corrected chi connectivity index (χ1v) is 8.39. The number of benzene rings is 1. The molecule has 0 aromatic heterocycles. The van der Waals surface area contributed by atoms with Crippen LogP contribution in [0.15, 0.2) is 18.2 Å². The highest BCUT2D eigenvalue weighted by molar-refractivity contribution is 6.01. The summed E-state index contributed by atoms with van der Waals surface area (Å²) in [5.74, 6) is -2.53. The van der Waals surface area contributed by atoms with Crippen LogP contribution in [0.3, 0.4) is 0 Å². The zero-order valence-corrected chi connectivity index (χ0v) is 14.0. The Labute approximate surface area is 149 Å². The van der Waals surface area contributed by atoms with Gasteiger partial charge < -0.3 is 20.4 Å². The first-order chi connectivity index (χ1) is 12.3. The van der Waals surface area contributed by atoms with Crippen molar-refractivity contribution >= 4 is 29.2 Å². The van der Waals surface area contributed by atoms with Gasteiger partial charge in [-0.05, 0) is 24.6 Å². The van der Waals surface area contributed by atoms with Crippen LogP contribution in [0.25, 0.3) is 0 Å². The van der Waals surface area contributed by atoms with Crippen LogP contribution in [-0.4, -0.2) is 52.7 Å². The van der Waals surface area contributed by atoms with E-state index in [1.807, 2.05) is 0 Å². The lowest BCUT2D eigenvalue weighted by Gasteiger charge is -2.36. The highest BCUT2D eigenvalue weighted by atomic mass is 19.1. The first kappa shape index (κ1) is 18.1. The number of rotatable bonds is 4. The van der Waals surface area contributed by atoms with E-state index in [1.54, 1.807) is 17.0 Å². The van der Waals surface area contributed by atoms with Crippen LogP contribution < -0.4 is 15.5 Å². The molecule has 0 radical (unpaired) electrons. The number of carbonyl (C=O) groups is 3. The smallest absolute Gasteiger partial charge is 0.335 e. The third kappa shape index (κ3) is 3.62. The maximum absolute atomic E-state index is 14.5. The van der Waals surface area contributed by atoms with Crippen molar-refractivity contribution in [3.8, 4) is 0 Å². The number of anilines is 2. The summed E-state index contributed by atoms with van der Waals surface area (Å²) in [5.41, 5.74) is -1.04. The Bertz CT molecular complexity index is 746. The number of halogens is 1. The normalized spacial score (nSPS) is 22.7. The average Bonchev–Trinajstić information content (AvgIpc) is 2.58. The fourth-order valence-corrected chi connectivity index (χ4v) is 3.22. The number of imide groups is 1. The maximum atomic E-state index is 14.5. The third-order valence-electron chi connectivity index (χ3n) is 4.86. The number of carboxylic acid groups (broad SMARTS) is 1. The van der Waals surface area contributed by atoms with E-state index < -0.39 is 29.3 Å². The largest absolute Gasteiger partial charge is 0.479 e. The molecule has 26 heavy (non-hydrogen) atoms. The van der Waals surface area contributed by atoms with Crippen LogP contribution in [-0.2, 0) is 14.4 Å². The molecule has 0 saturated carbocycles. The SMILES string of the molecule is O=C1CC[C@H](Nc2ccc(N3CCC(O)(C(=O)O)CC3)c(F)c2)C(=O)N1. The van der Waals surface area contributed by atoms with Gasteiger partial charge in [-0.15, -0.1) is 0 Å². The Hall–Kier alpha value is -2.68. The molecule has 2 saturated heterocycles. The van der Waals surface area contributed by atoms with Crippen LogP contribution in [0.1, 0.15) is 25.7 Å². The lowest BCUT2D eigenvalue weighted by molar-refractivity contribution is -0.160. The number of nitrogens with zero attached hydrogens (tertiary/aromatic N) is 1. The molecular formula is C17H20FN3O5. The molecule has 2 fully saturated rings. The van der Waals surface area contributed by atoms with E-state index >= 15 is 0 Å². The molecule has 0 unspecified atom stereocenters. The molecular weight excluding hydrogens is 345 g/mol. The Morgan fingerprint density at radius 2 is 2.00 bits per heavy atom. The average molecular weight is 365 g/mol. The number of carbonyl (C=O) groups excluding carboxylic acids is 2. The molecule has 1 aromatic carbocycles. The Morgan fingerprint density at radius 3 is 2.58 bits per heavy atom. The van der Waals surface area contributed by atoms with E-state index in [-0.39, 0.29) is 38.3 Å². The first-order valence-electron chi connectivity index (χ1n) is 8.39. The van der Waals surface area contributed by atoms with E-state index in [4.69, 9.17) is 5.11 Å². The number of amides is 2. The fraction of sp³-hybridized carbons (Fsp3) is 0.471. The Kier molecular flexibility index (Phi) is 4.82. The van der Waals surface area contributed by atoms with Crippen molar-refractivity contribution in [1.29, 1.82) is 0 Å².